The summed E-state index contributed by atoms with van der Waals surface area (Å²) in [4.78, 5) is 0. The summed E-state index contributed by atoms with van der Waals surface area (Å²) < 4.78 is 26.9. The van der Waals surface area contributed by atoms with Crippen molar-refractivity contribution in [3.63, 3.8) is 0 Å². The highest BCUT2D eigenvalue weighted by molar-refractivity contribution is 7.89. The van der Waals surface area contributed by atoms with E-state index in [1.54, 1.807) is 0 Å². The highest BCUT2D eigenvalue weighted by atomic mass is 32.2. The van der Waals surface area contributed by atoms with E-state index in [4.69, 9.17) is 9.88 Å². The largest absolute Gasteiger partial charge is 0.494 e. The molecule has 0 aliphatic heterocycles. The highest BCUT2D eigenvalue weighted by Gasteiger charge is 2.07. The van der Waals surface area contributed by atoms with E-state index >= 15 is 0 Å². The fraction of sp³-hybridized carbons (Fsp3) is 0.500. The average Bonchev–Trinajstić information content (AvgIpc) is 2.28. The minimum Gasteiger partial charge on any atom is -0.494 e. The van der Waals surface area contributed by atoms with Crippen LogP contribution in [-0.4, -0.2) is 27.3 Å². The first-order valence-electron chi connectivity index (χ1n) is 5.89. The molecule has 0 amide bonds. The zero-order valence-corrected chi connectivity index (χ0v) is 11.5. The molecule has 0 fully saturated rings. The van der Waals surface area contributed by atoms with Crippen molar-refractivity contribution < 1.29 is 13.2 Å². The molecular weight excluding hydrogens is 252 g/mol. The van der Waals surface area contributed by atoms with Crippen LogP contribution in [-0.2, 0) is 10.0 Å². The van der Waals surface area contributed by atoms with E-state index in [-0.39, 0.29) is 11.8 Å². The summed E-state index contributed by atoms with van der Waals surface area (Å²) in [5, 5.41) is 8.04. The van der Waals surface area contributed by atoms with Gasteiger partial charge in [-0.2, -0.15) is 0 Å². The van der Waals surface area contributed by atoms with Gasteiger partial charge in [-0.15, -0.1) is 0 Å². The minimum atomic E-state index is -3.40. The van der Waals surface area contributed by atoms with Crippen LogP contribution in [0.3, 0.4) is 0 Å². The second-order valence-corrected chi connectivity index (χ2v) is 5.78. The Morgan fingerprint density at radius 2 is 1.94 bits per heavy atom. The third-order valence-corrected chi connectivity index (χ3v) is 3.30. The molecule has 1 aromatic rings. The fourth-order valence-corrected chi connectivity index (χ4v) is 1.96. The lowest BCUT2D eigenvalue weighted by atomic mass is 10.1. The van der Waals surface area contributed by atoms with Gasteiger partial charge in [0.25, 0.3) is 0 Å². The molecule has 0 saturated heterocycles. The van der Waals surface area contributed by atoms with E-state index in [1.807, 2.05) is 38.1 Å². The third-order valence-electron chi connectivity index (χ3n) is 2.53. The SMILES string of the molecule is CCOc1ccc(C(C)NCCS(N)(=O)=O)cc1. The first-order chi connectivity index (χ1) is 8.42. The molecule has 102 valence electrons. The summed E-state index contributed by atoms with van der Waals surface area (Å²) in [5.41, 5.74) is 1.08. The van der Waals surface area contributed by atoms with Crippen LogP contribution < -0.4 is 15.2 Å². The molecule has 1 rings (SSSR count). The van der Waals surface area contributed by atoms with Crippen molar-refractivity contribution in [2.24, 2.45) is 5.14 Å². The van der Waals surface area contributed by atoms with Crippen LogP contribution in [0.25, 0.3) is 0 Å². The minimum absolute atomic E-state index is 0.0611. The lowest BCUT2D eigenvalue weighted by Gasteiger charge is -2.14. The van der Waals surface area contributed by atoms with Gasteiger partial charge < -0.3 is 10.1 Å². The molecule has 0 aliphatic carbocycles. The Bertz CT molecular complexity index is 457. The van der Waals surface area contributed by atoms with Crippen LogP contribution in [0.5, 0.6) is 5.75 Å². The second-order valence-electron chi connectivity index (χ2n) is 4.04. The molecular formula is C12H20N2O3S. The molecule has 0 aliphatic rings. The van der Waals surface area contributed by atoms with E-state index in [0.29, 0.717) is 13.2 Å². The summed E-state index contributed by atoms with van der Waals surface area (Å²) in [7, 11) is -3.40. The van der Waals surface area contributed by atoms with Crippen LogP contribution in [0.1, 0.15) is 25.5 Å². The molecule has 1 unspecified atom stereocenters. The second kappa shape index (κ2) is 6.72. The van der Waals surface area contributed by atoms with Crippen molar-refractivity contribution in [2.45, 2.75) is 19.9 Å². The van der Waals surface area contributed by atoms with Gasteiger partial charge in [0, 0.05) is 12.6 Å². The van der Waals surface area contributed by atoms with E-state index in [0.717, 1.165) is 11.3 Å². The van der Waals surface area contributed by atoms with E-state index in [9.17, 15) is 8.42 Å². The number of ether oxygens (including phenoxy) is 1. The molecule has 0 spiro atoms. The summed E-state index contributed by atoms with van der Waals surface area (Å²) >= 11 is 0. The predicted octanol–water partition coefficient (Wildman–Crippen LogP) is 1.02. The van der Waals surface area contributed by atoms with E-state index in [2.05, 4.69) is 5.32 Å². The quantitative estimate of drug-likeness (QED) is 0.776. The Labute approximate surface area is 108 Å². The maximum Gasteiger partial charge on any atom is 0.210 e. The number of hydrogen-bond acceptors (Lipinski definition) is 4. The molecule has 18 heavy (non-hydrogen) atoms. The Morgan fingerprint density at radius 3 is 2.44 bits per heavy atom. The molecule has 0 bridgehead atoms. The molecule has 6 heteroatoms. The zero-order valence-electron chi connectivity index (χ0n) is 10.7. The smallest absolute Gasteiger partial charge is 0.210 e. The molecule has 0 heterocycles. The predicted molar refractivity (Wildman–Crippen MR) is 72.0 cm³/mol. The molecule has 0 aromatic heterocycles. The molecule has 0 saturated carbocycles. The molecule has 1 atom stereocenters. The van der Waals surface area contributed by atoms with Crippen molar-refractivity contribution in [1.29, 1.82) is 0 Å². The van der Waals surface area contributed by atoms with E-state index < -0.39 is 10.0 Å². The average molecular weight is 272 g/mol. The maximum atomic E-state index is 10.8. The normalized spacial score (nSPS) is 13.3. The van der Waals surface area contributed by atoms with Gasteiger partial charge >= 0.3 is 0 Å². The summed E-state index contributed by atoms with van der Waals surface area (Å²) in [6.45, 7) is 4.89. The maximum absolute atomic E-state index is 10.8. The van der Waals surface area contributed by atoms with Crippen LogP contribution in [0, 0.1) is 0 Å². The van der Waals surface area contributed by atoms with Crippen molar-refractivity contribution in [3.8, 4) is 5.75 Å². The van der Waals surface area contributed by atoms with Gasteiger partial charge in [0.2, 0.25) is 10.0 Å². The molecule has 0 radical (unpaired) electrons. The van der Waals surface area contributed by atoms with Crippen LogP contribution >= 0.6 is 0 Å². The summed E-state index contributed by atoms with van der Waals surface area (Å²) in [6.07, 6.45) is 0. The number of nitrogens with two attached hydrogens (primary N) is 1. The number of rotatable bonds is 7. The molecule has 5 nitrogen and oxygen atoms in total. The van der Waals surface area contributed by atoms with Gasteiger partial charge in [-0.25, -0.2) is 13.6 Å². The third kappa shape index (κ3) is 5.48. The van der Waals surface area contributed by atoms with Crippen molar-refractivity contribution in [1.82, 2.24) is 5.32 Å². The van der Waals surface area contributed by atoms with Crippen molar-refractivity contribution >= 4 is 10.0 Å². The summed E-state index contributed by atoms with van der Waals surface area (Å²) in [5.74, 6) is 0.770. The number of benzene rings is 1. The summed E-state index contributed by atoms with van der Waals surface area (Å²) in [6, 6.07) is 7.79. The zero-order chi connectivity index (χ0) is 13.6. The van der Waals surface area contributed by atoms with Crippen LogP contribution in [0.2, 0.25) is 0 Å². The first kappa shape index (κ1) is 14.9. The van der Waals surface area contributed by atoms with E-state index in [1.165, 1.54) is 0 Å². The van der Waals surface area contributed by atoms with Crippen LogP contribution in [0.15, 0.2) is 24.3 Å². The van der Waals surface area contributed by atoms with Gasteiger partial charge in [0.1, 0.15) is 5.75 Å². The topological polar surface area (TPSA) is 81.4 Å². The highest BCUT2D eigenvalue weighted by Crippen LogP contribution is 2.17. The van der Waals surface area contributed by atoms with Gasteiger partial charge in [-0.05, 0) is 31.5 Å². The first-order valence-corrected chi connectivity index (χ1v) is 7.60. The fourth-order valence-electron chi connectivity index (χ4n) is 1.55. The standard InChI is InChI=1S/C12H20N2O3S/c1-3-17-12-6-4-11(5-7-12)10(2)14-8-9-18(13,15)16/h4-7,10,14H,3,8-9H2,1-2H3,(H2,13,15,16). The Kier molecular flexibility index (Phi) is 5.58. The number of sulfonamides is 1. The molecule has 1 aromatic carbocycles. The number of primary sulfonamides is 1. The van der Waals surface area contributed by atoms with Crippen LogP contribution in [0.4, 0.5) is 0 Å². The Morgan fingerprint density at radius 1 is 1.33 bits per heavy atom. The lowest BCUT2D eigenvalue weighted by molar-refractivity contribution is 0.340. The molecule has 3 N–H and O–H groups in total. The number of hydrogen-bond donors (Lipinski definition) is 2. The van der Waals surface area contributed by atoms with Crippen molar-refractivity contribution in [2.75, 3.05) is 18.9 Å². The number of nitrogens with one attached hydrogen (secondary N) is 1. The van der Waals surface area contributed by atoms with Gasteiger partial charge in [-0.3, -0.25) is 0 Å². The van der Waals surface area contributed by atoms with Gasteiger partial charge in [-0.1, -0.05) is 12.1 Å². The monoisotopic (exact) mass is 272 g/mol. The van der Waals surface area contributed by atoms with Gasteiger partial charge in [0.15, 0.2) is 0 Å². The lowest BCUT2D eigenvalue weighted by Crippen LogP contribution is -2.28. The van der Waals surface area contributed by atoms with Crippen molar-refractivity contribution in [3.05, 3.63) is 29.8 Å². The Hall–Kier alpha value is -1.11. The van der Waals surface area contributed by atoms with Gasteiger partial charge in [0.05, 0.1) is 12.4 Å². The Balaban J connectivity index is 2.48.